The van der Waals surface area contributed by atoms with E-state index < -0.39 is 0 Å². The highest BCUT2D eigenvalue weighted by Crippen LogP contribution is 2.27. The zero-order chi connectivity index (χ0) is 14.6. The summed E-state index contributed by atoms with van der Waals surface area (Å²) in [5, 5.41) is 3.27. The van der Waals surface area contributed by atoms with Gasteiger partial charge in [-0.1, -0.05) is 34.6 Å². The molecule has 1 atom stereocenters. The van der Waals surface area contributed by atoms with E-state index in [0.29, 0.717) is 5.92 Å². The smallest absolute Gasteiger partial charge is 0.159 e. The molecular weight excluding hydrogens is 238 g/mol. The zero-order valence-corrected chi connectivity index (χ0v) is 13.2. The van der Waals surface area contributed by atoms with Crippen LogP contribution >= 0.6 is 0 Å². The van der Waals surface area contributed by atoms with Gasteiger partial charge in [-0.3, -0.25) is 0 Å². The van der Waals surface area contributed by atoms with Crippen molar-refractivity contribution in [1.29, 1.82) is 0 Å². The minimum absolute atomic E-state index is 0.00284. The molecule has 1 rings (SSSR count). The average molecular weight is 265 g/mol. The van der Waals surface area contributed by atoms with Gasteiger partial charge in [0.2, 0.25) is 0 Å². The summed E-state index contributed by atoms with van der Waals surface area (Å²) in [6.45, 7) is 13.6. The fourth-order valence-electron chi connectivity index (χ4n) is 1.92. The predicted molar refractivity (Wildman–Crippen MR) is 79.5 cm³/mol. The predicted octanol–water partition coefficient (Wildman–Crippen LogP) is 3.55. The lowest BCUT2D eigenvalue weighted by molar-refractivity contribution is 0.0572. The lowest BCUT2D eigenvalue weighted by Gasteiger charge is -2.23. The maximum absolute atomic E-state index is 5.55. The number of nitrogens with zero attached hydrogens (tertiary/aromatic N) is 2. The molecule has 0 saturated carbocycles. The van der Waals surface area contributed by atoms with E-state index >= 15 is 0 Å². The van der Waals surface area contributed by atoms with Crippen LogP contribution in [0, 0.1) is 5.92 Å². The van der Waals surface area contributed by atoms with Crippen LogP contribution < -0.4 is 5.32 Å². The molecule has 1 aromatic rings. The molecule has 0 aliphatic carbocycles. The maximum Gasteiger partial charge on any atom is 0.159 e. The van der Waals surface area contributed by atoms with Crippen molar-refractivity contribution in [2.24, 2.45) is 5.92 Å². The molecule has 0 bridgehead atoms. The minimum atomic E-state index is -0.0697. The molecule has 0 aliphatic rings. The summed E-state index contributed by atoms with van der Waals surface area (Å²) in [7, 11) is 1.71. The first-order valence-electron chi connectivity index (χ1n) is 6.95. The van der Waals surface area contributed by atoms with Gasteiger partial charge in [0, 0.05) is 25.1 Å². The van der Waals surface area contributed by atoms with E-state index in [1.165, 1.54) is 0 Å². The molecule has 0 radical (unpaired) electrons. The molecule has 0 amide bonds. The van der Waals surface area contributed by atoms with Crippen LogP contribution in [0.2, 0.25) is 0 Å². The quantitative estimate of drug-likeness (QED) is 0.884. The fraction of sp³-hybridized carbons (Fsp3) is 0.733. The van der Waals surface area contributed by atoms with E-state index in [0.717, 1.165) is 23.9 Å². The summed E-state index contributed by atoms with van der Waals surface area (Å²) in [4.78, 5) is 9.29. The Bertz CT molecular complexity index is 410. The summed E-state index contributed by atoms with van der Waals surface area (Å²) in [6, 6.07) is 2.03. The molecule has 4 heteroatoms. The Morgan fingerprint density at radius 2 is 1.89 bits per heavy atom. The number of hydrogen-bond donors (Lipinski definition) is 1. The van der Waals surface area contributed by atoms with Crippen LogP contribution in [0.1, 0.15) is 59.2 Å². The van der Waals surface area contributed by atoms with Crippen LogP contribution in [0.5, 0.6) is 0 Å². The van der Waals surface area contributed by atoms with Gasteiger partial charge in [-0.2, -0.15) is 0 Å². The Hall–Kier alpha value is -1.16. The second kappa shape index (κ2) is 6.33. The zero-order valence-electron chi connectivity index (χ0n) is 13.2. The van der Waals surface area contributed by atoms with Crippen molar-refractivity contribution in [3.63, 3.8) is 0 Å². The van der Waals surface area contributed by atoms with Crippen LogP contribution in [0.3, 0.4) is 0 Å². The van der Waals surface area contributed by atoms with E-state index in [4.69, 9.17) is 9.72 Å². The van der Waals surface area contributed by atoms with E-state index in [1.54, 1.807) is 7.11 Å². The highest BCUT2D eigenvalue weighted by atomic mass is 16.5. The third-order valence-electron chi connectivity index (χ3n) is 2.98. The summed E-state index contributed by atoms with van der Waals surface area (Å²) < 4.78 is 5.55. The minimum Gasteiger partial charge on any atom is -0.373 e. The summed E-state index contributed by atoms with van der Waals surface area (Å²) in [5.41, 5.74) is 1.04. The maximum atomic E-state index is 5.55. The fourth-order valence-corrected chi connectivity index (χ4v) is 1.92. The number of anilines is 1. The summed E-state index contributed by atoms with van der Waals surface area (Å²) in [6.07, 6.45) is -0.0697. The third-order valence-corrected chi connectivity index (χ3v) is 2.98. The van der Waals surface area contributed by atoms with Gasteiger partial charge in [0.15, 0.2) is 5.82 Å². The molecule has 4 nitrogen and oxygen atoms in total. The van der Waals surface area contributed by atoms with Crippen molar-refractivity contribution in [3.05, 3.63) is 17.6 Å². The van der Waals surface area contributed by atoms with Crippen LogP contribution in [0.4, 0.5) is 5.82 Å². The van der Waals surface area contributed by atoms with Crippen molar-refractivity contribution in [2.45, 2.75) is 53.1 Å². The van der Waals surface area contributed by atoms with Gasteiger partial charge < -0.3 is 10.1 Å². The molecule has 0 saturated heterocycles. The lowest BCUT2D eigenvalue weighted by atomic mass is 9.91. The van der Waals surface area contributed by atoms with Gasteiger partial charge in [-0.05, 0) is 12.8 Å². The van der Waals surface area contributed by atoms with Gasteiger partial charge in [0.1, 0.15) is 11.9 Å². The topological polar surface area (TPSA) is 47.0 Å². The molecule has 1 N–H and O–H groups in total. The van der Waals surface area contributed by atoms with Crippen molar-refractivity contribution >= 4 is 5.82 Å². The van der Waals surface area contributed by atoms with Gasteiger partial charge in [0.25, 0.3) is 0 Å². The number of ether oxygens (including phenoxy) is 1. The number of hydrogen-bond acceptors (Lipinski definition) is 4. The van der Waals surface area contributed by atoms with E-state index in [9.17, 15) is 0 Å². The number of nitrogens with one attached hydrogen (secondary N) is 1. The Morgan fingerprint density at radius 3 is 2.32 bits per heavy atom. The van der Waals surface area contributed by atoms with E-state index in [2.05, 4.69) is 51.8 Å². The Labute approximate surface area is 117 Å². The van der Waals surface area contributed by atoms with Crippen LogP contribution in [-0.4, -0.2) is 23.6 Å². The first-order valence-corrected chi connectivity index (χ1v) is 6.95. The number of methoxy groups -OCH3 is 1. The van der Waals surface area contributed by atoms with E-state index in [1.807, 2.05) is 6.07 Å². The second-order valence-electron chi connectivity index (χ2n) is 6.18. The molecule has 0 aliphatic heterocycles. The van der Waals surface area contributed by atoms with Crippen LogP contribution in [0.25, 0.3) is 0 Å². The van der Waals surface area contributed by atoms with E-state index in [-0.39, 0.29) is 11.5 Å². The summed E-state index contributed by atoms with van der Waals surface area (Å²) in [5.74, 6) is 1.98. The summed E-state index contributed by atoms with van der Waals surface area (Å²) >= 11 is 0. The number of aromatic nitrogens is 2. The van der Waals surface area contributed by atoms with Crippen LogP contribution in [0.15, 0.2) is 6.07 Å². The monoisotopic (exact) mass is 265 g/mol. The average Bonchev–Trinajstić information content (AvgIpc) is 2.28. The standard InChI is InChI=1S/C15H27N3O/c1-8-16-12-9-11(15(4,5)6)17-14(18-12)13(19-7)10(2)3/h9-10,13H,8H2,1-7H3,(H,16,17,18). The molecule has 1 unspecified atom stereocenters. The molecule has 0 aromatic carbocycles. The van der Waals surface area contributed by atoms with Crippen molar-refractivity contribution < 1.29 is 4.74 Å². The van der Waals surface area contributed by atoms with Gasteiger partial charge in [-0.25, -0.2) is 9.97 Å². The second-order valence-corrected chi connectivity index (χ2v) is 6.18. The molecule has 1 heterocycles. The number of rotatable bonds is 5. The molecule has 108 valence electrons. The van der Waals surface area contributed by atoms with Gasteiger partial charge in [-0.15, -0.1) is 0 Å². The highest BCUT2D eigenvalue weighted by molar-refractivity contribution is 5.38. The van der Waals surface area contributed by atoms with Crippen molar-refractivity contribution in [2.75, 3.05) is 19.0 Å². The SMILES string of the molecule is CCNc1cc(C(C)(C)C)nc(C(OC)C(C)C)n1. The molecule has 19 heavy (non-hydrogen) atoms. The molecule has 0 fully saturated rings. The normalized spacial score (nSPS) is 13.7. The lowest BCUT2D eigenvalue weighted by Crippen LogP contribution is -2.20. The first kappa shape index (κ1) is 15.9. The molecular formula is C15H27N3O. The Kier molecular flexibility index (Phi) is 5.29. The Morgan fingerprint density at radius 1 is 1.26 bits per heavy atom. The van der Waals surface area contributed by atoms with Crippen molar-refractivity contribution in [3.8, 4) is 0 Å². The van der Waals surface area contributed by atoms with Gasteiger partial charge >= 0.3 is 0 Å². The first-order chi connectivity index (χ1) is 8.79. The molecule has 0 spiro atoms. The highest BCUT2D eigenvalue weighted by Gasteiger charge is 2.23. The Balaban J connectivity index is 3.27. The largest absolute Gasteiger partial charge is 0.373 e. The van der Waals surface area contributed by atoms with Gasteiger partial charge in [0.05, 0.1) is 5.69 Å². The molecule has 1 aromatic heterocycles. The van der Waals surface area contributed by atoms with Crippen molar-refractivity contribution in [1.82, 2.24) is 9.97 Å². The third kappa shape index (κ3) is 4.16. The van der Waals surface area contributed by atoms with Crippen LogP contribution in [-0.2, 0) is 10.2 Å².